The van der Waals surface area contributed by atoms with Crippen LogP contribution in [0.15, 0.2) is 30.5 Å². The first kappa shape index (κ1) is 11.5. The van der Waals surface area contributed by atoms with E-state index in [0.717, 1.165) is 12.0 Å². The number of Topliss-reactive ketones (excluding diaryl/α,β-unsaturated/α-hetero) is 1. The first-order valence-corrected chi connectivity index (χ1v) is 6.43. The molecule has 0 aliphatic heterocycles. The Balaban J connectivity index is 1.96. The third kappa shape index (κ3) is 1.58. The Kier molecular flexibility index (Phi) is 2.71. The Bertz CT molecular complexity index is 618. The van der Waals surface area contributed by atoms with Gasteiger partial charge in [0.05, 0.1) is 17.1 Å². The van der Waals surface area contributed by atoms with Gasteiger partial charge in [-0.25, -0.2) is 0 Å². The number of carbonyl (C=O) groups is 1. The van der Waals surface area contributed by atoms with Gasteiger partial charge in [-0.2, -0.15) is 5.10 Å². The molecule has 0 bridgehead atoms. The summed E-state index contributed by atoms with van der Waals surface area (Å²) in [6.07, 6.45) is 2.35. The standard InChI is InChI=1S/C14H13ClN2O/c1-2-17-13(12(15)8-16-17)14(18)11-7-9-5-3-4-6-10(9)11/h3-6,8,11H,2,7H2,1H3. The minimum Gasteiger partial charge on any atom is -0.292 e. The molecule has 0 saturated carbocycles. The molecule has 0 fully saturated rings. The van der Waals surface area contributed by atoms with Crippen LogP contribution < -0.4 is 0 Å². The smallest absolute Gasteiger partial charge is 0.190 e. The molecule has 0 saturated heterocycles. The molecule has 92 valence electrons. The SMILES string of the molecule is CCn1ncc(Cl)c1C(=O)C1Cc2ccccc21. The molecule has 4 heteroatoms. The van der Waals surface area contributed by atoms with E-state index in [1.165, 1.54) is 5.56 Å². The van der Waals surface area contributed by atoms with Gasteiger partial charge in [-0.15, -0.1) is 0 Å². The molecule has 1 unspecified atom stereocenters. The Morgan fingerprint density at radius 3 is 3.00 bits per heavy atom. The van der Waals surface area contributed by atoms with Gasteiger partial charge >= 0.3 is 0 Å². The normalized spacial score (nSPS) is 17.1. The zero-order chi connectivity index (χ0) is 12.7. The van der Waals surface area contributed by atoms with Gasteiger partial charge in [-0.1, -0.05) is 35.9 Å². The topological polar surface area (TPSA) is 34.9 Å². The molecule has 2 aromatic rings. The summed E-state index contributed by atoms with van der Waals surface area (Å²) >= 11 is 6.07. The number of fused-ring (bicyclic) bond motifs is 1. The highest BCUT2D eigenvalue weighted by Gasteiger charge is 2.34. The lowest BCUT2D eigenvalue weighted by atomic mass is 9.74. The van der Waals surface area contributed by atoms with Gasteiger partial charge in [0.1, 0.15) is 5.69 Å². The summed E-state index contributed by atoms with van der Waals surface area (Å²) < 4.78 is 1.67. The number of hydrogen-bond acceptors (Lipinski definition) is 2. The van der Waals surface area contributed by atoms with Crippen LogP contribution in [0.1, 0.15) is 34.5 Å². The van der Waals surface area contributed by atoms with Crippen LogP contribution in [0.3, 0.4) is 0 Å². The van der Waals surface area contributed by atoms with Crippen LogP contribution in [-0.2, 0) is 13.0 Å². The van der Waals surface area contributed by atoms with Crippen LogP contribution in [0.2, 0.25) is 5.02 Å². The lowest BCUT2D eigenvalue weighted by molar-refractivity contribution is 0.0938. The first-order chi connectivity index (χ1) is 8.72. The number of halogens is 1. The van der Waals surface area contributed by atoms with E-state index in [2.05, 4.69) is 11.2 Å². The number of hydrogen-bond donors (Lipinski definition) is 0. The summed E-state index contributed by atoms with van der Waals surface area (Å²) in [5.41, 5.74) is 2.93. The van der Waals surface area contributed by atoms with Crippen molar-refractivity contribution in [3.8, 4) is 0 Å². The van der Waals surface area contributed by atoms with Gasteiger partial charge in [0.2, 0.25) is 0 Å². The van der Waals surface area contributed by atoms with E-state index in [1.807, 2.05) is 25.1 Å². The average Bonchev–Trinajstić information content (AvgIpc) is 2.72. The van der Waals surface area contributed by atoms with Gasteiger partial charge < -0.3 is 0 Å². The molecule has 1 heterocycles. The van der Waals surface area contributed by atoms with Gasteiger partial charge in [0, 0.05) is 6.54 Å². The third-order valence-electron chi connectivity index (χ3n) is 3.50. The van der Waals surface area contributed by atoms with E-state index < -0.39 is 0 Å². The fourth-order valence-electron chi connectivity index (χ4n) is 2.50. The number of aryl methyl sites for hydroxylation is 1. The van der Waals surface area contributed by atoms with Crippen molar-refractivity contribution in [1.29, 1.82) is 0 Å². The van der Waals surface area contributed by atoms with Crippen LogP contribution in [-0.4, -0.2) is 15.6 Å². The fourth-order valence-corrected chi connectivity index (χ4v) is 2.74. The summed E-state index contributed by atoms with van der Waals surface area (Å²) in [4.78, 5) is 12.5. The van der Waals surface area contributed by atoms with E-state index in [9.17, 15) is 4.79 Å². The summed E-state index contributed by atoms with van der Waals surface area (Å²) in [6.45, 7) is 2.61. The Morgan fingerprint density at radius 1 is 1.50 bits per heavy atom. The minimum absolute atomic E-state index is 0.0549. The Morgan fingerprint density at radius 2 is 2.28 bits per heavy atom. The van der Waals surface area contributed by atoms with Crippen LogP contribution in [0.5, 0.6) is 0 Å². The zero-order valence-electron chi connectivity index (χ0n) is 10.1. The highest BCUT2D eigenvalue weighted by Crippen LogP contribution is 2.38. The van der Waals surface area contributed by atoms with Crippen molar-refractivity contribution in [3.05, 3.63) is 52.3 Å². The lowest BCUT2D eigenvalue weighted by Crippen LogP contribution is -2.27. The highest BCUT2D eigenvalue weighted by molar-refractivity contribution is 6.33. The number of rotatable bonds is 3. The molecule has 0 N–H and O–H groups in total. The molecule has 1 aliphatic rings. The van der Waals surface area contributed by atoms with Crippen molar-refractivity contribution < 1.29 is 4.79 Å². The van der Waals surface area contributed by atoms with E-state index in [0.29, 0.717) is 17.3 Å². The highest BCUT2D eigenvalue weighted by atomic mass is 35.5. The molecule has 0 amide bonds. The zero-order valence-corrected chi connectivity index (χ0v) is 10.8. The van der Waals surface area contributed by atoms with E-state index >= 15 is 0 Å². The third-order valence-corrected chi connectivity index (χ3v) is 3.78. The molecular weight excluding hydrogens is 248 g/mol. The van der Waals surface area contributed by atoms with Gasteiger partial charge in [-0.05, 0) is 24.5 Å². The lowest BCUT2D eigenvalue weighted by Gasteiger charge is -2.28. The Labute approximate surface area is 110 Å². The number of benzene rings is 1. The monoisotopic (exact) mass is 260 g/mol. The van der Waals surface area contributed by atoms with Crippen molar-refractivity contribution in [1.82, 2.24) is 9.78 Å². The van der Waals surface area contributed by atoms with E-state index in [4.69, 9.17) is 11.6 Å². The van der Waals surface area contributed by atoms with E-state index in [-0.39, 0.29) is 11.7 Å². The number of nitrogens with zero attached hydrogens (tertiary/aromatic N) is 2. The van der Waals surface area contributed by atoms with E-state index in [1.54, 1.807) is 10.9 Å². The van der Waals surface area contributed by atoms with Crippen LogP contribution in [0.25, 0.3) is 0 Å². The summed E-state index contributed by atoms with van der Waals surface area (Å²) in [7, 11) is 0. The number of ketones is 1. The van der Waals surface area contributed by atoms with Gasteiger partial charge in [0.25, 0.3) is 0 Å². The average molecular weight is 261 g/mol. The second kappa shape index (κ2) is 4.25. The van der Waals surface area contributed by atoms with Crippen LogP contribution in [0, 0.1) is 0 Å². The number of carbonyl (C=O) groups excluding carboxylic acids is 1. The Hall–Kier alpha value is -1.61. The van der Waals surface area contributed by atoms with Crippen molar-refractivity contribution in [2.45, 2.75) is 25.8 Å². The molecule has 0 radical (unpaired) electrons. The molecule has 18 heavy (non-hydrogen) atoms. The van der Waals surface area contributed by atoms with Crippen LogP contribution >= 0.6 is 11.6 Å². The van der Waals surface area contributed by atoms with Crippen molar-refractivity contribution in [2.75, 3.05) is 0 Å². The predicted octanol–water partition coefficient (Wildman–Crippen LogP) is 3.08. The van der Waals surface area contributed by atoms with Gasteiger partial charge in [0.15, 0.2) is 5.78 Å². The molecule has 1 aromatic carbocycles. The van der Waals surface area contributed by atoms with Crippen molar-refractivity contribution >= 4 is 17.4 Å². The molecule has 3 rings (SSSR count). The quantitative estimate of drug-likeness (QED) is 0.795. The second-order valence-electron chi connectivity index (χ2n) is 4.48. The van der Waals surface area contributed by atoms with Gasteiger partial charge in [-0.3, -0.25) is 9.48 Å². The summed E-state index contributed by atoms with van der Waals surface area (Å²) in [6, 6.07) is 8.06. The molecular formula is C14H13ClN2O. The molecule has 1 atom stereocenters. The number of aromatic nitrogens is 2. The second-order valence-corrected chi connectivity index (χ2v) is 4.88. The summed E-state index contributed by atoms with van der Waals surface area (Å²) in [5.74, 6) is 0.0266. The fraction of sp³-hybridized carbons (Fsp3) is 0.286. The maximum atomic E-state index is 12.5. The molecule has 0 spiro atoms. The molecule has 1 aliphatic carbocycles. The van der Waals surface area contributed by atoms with Crippen molar-refractivity contribution in [3.63, 3.8) is 0 Å². The molecule has 3 nitrogen and oxygen atoms in total. The van der Waals surface area contributed by atoms with Crippen molar-refractivity contribution in [2.24, 2.45) is 0 Å². The molecule has 1 aromatic heterocycles. The maximum absolute atomic E-state index is 12.5. The predicted molar refractivity (Wildman–Crippen MR) is 70.1 cm³/mol. The first-order valence-electron chi connectivity index (χ1n) is 6.05. The largest absolute Gasteiger partial charge is 0.292 e. The van der Waals surface area contributed by atoms with Crippen LogP contribution in [0.4, 0.5) is 0 Å². The minimum atomic E-state index is -0.0549. The maximum Gasteiger partial charge on any atom is 0.190 e. The summed E-state index contributed by atoms with van der Waals surface area (Å²) in [5, 5.41) is 4.57.